The largest absolute Gasteiger partial charge is 0.511 e. The third-order valence-electron chi connectivity index (χ3n) is 8.03. The van der Waals surface area contributed by atoms with Gasteiger partial charge < -0.3 is 10.3 Å². The van der Waals surface area contributed by atoms with Crippen molar-refractivity contribution in [2.75, 3.05) is 13.1 Å². The fraction of sp³-hybridized carbons (Fsp3) is 0.429. The van der Waals surface area contributed by atoms with Crippen LogP contribution in [0.5, 0.6) is 0 Å². The topological polar surface area (TPSA) is 85.4 Å². The zero-order valence-corrected chi connectivity index (χ0v) is 22.9. The molecule has 2 aliphatic rings. The first kappa shape index (κ1) is 27.8. The molecule has 1 aromatic heterocycles. The van der Waals surface area contributed by atoms with Crippen molar-refractivity contribution in [3.63, 3.8) is 0 Å². The lowest BCUT2D eigenvalue weighted by molar-refractivity contribution is -0.125. The normalized spacial score (nSPS) is 17.8. The molecule has 0 spiro atoms. The number of fused-ring (bicyclic) bond motifs is 1. The van der Waals surface area contributed by atoms with Crippen molar-refractivity contribution < 1.29 is 26.4 Å². The minimum absolute atomic E-state index is 0.184. The van der Waals surface area contributed by atoms with Crippen LogP contribution in [0.15, 0.2) is 48.7 Å². The summed E-state index contributed by atoms with van der Waals surface area (Å²) in [4.78, 5) is 12.8. The van der Waals surface area contributed by atoms with Crippen LogP contribution in [-0.2, 0) is 21.2 Å². The summed E-state index contributed by atoms with van der Waals surface area (Å²) < 4.78 is 65.7. The summed E-state index contributed by atoms with van der Waals surface area (Å²) >= 11 is 5.15. The number of nitrogens with two attached hydrogens (primary N) is 1. The summed E-state index contributed by atoms with van der Waals surface area (Å²) in [6.07, 6.45) is 6.61. The Hall–Kier alpha value is -2.76. The van der Waals surface area contributed by atoms with Crippen LogP contribution in [0.1, 0.15) is 55.7 Å². The van der Waals surface area contributed by atoms with Crippen LogP contribution in [0.2, 0.25) is 0 Å². The first-order valence-corrected chi connectivity index (χ1v) is 14.9. The van der Waals surface area contributed by atoms with Gasteiger partial charge in [-0.3, -0.25) is 4.79 Å². The predicted octanol–water partition coefficient (Wildman–Crippen LogP) is 5.73. The van der Waals surface area contributed by atoms with Gasteiger partial charge in [0.1, 0.15) is 10.8 Å². The number of hydrogen-bond donors (Lipinski definition) is 1. The number of piperidine rings is 1. The van der Waals surface area contributed by atoms with E-state index in [2.05, 4.69) is 0 Å². The van der Waals surface area contributed by atoms with Crippen LogP contribution >= 0.6 is 12.2 Å². The number of carbonyl (C=O) groups is 1. The second-order valence-corrected chi connectivity index (χ2v) is 12.8. The van der Waals surface area contributed by atoms with Gasteiger partial charge in [0.15, 0.2) is 0 Å². The van der Waals surface area contributed by atoms with Gasteiger partial charge in [0.25, 0.3) is 0 Å². The molecule has 0 amide bonds. The molecule has 5 rings (SSSR count). The molecule has 39 heavy (non-hydrogen) atoms. The van der Waals surface area contributed by atoms with Gasteiger partial charge in [-0.2, -0.15) is 17.5 Å². The monoisotopic (exact) mass is 577 g/mol. The van der Waals surface area contributed by atoms with E-state index in [0.717, 1.165) is 52.4 Å². The molecule has 0 radical (unpaired) electrons. The molecule has 2 N–H and O–H groups in total. The average Bonchev–Trinajstić information content (AvgIpc) is 3.25. The van der Waals surface area contributed by atoms with Crippen molar-refractivity contribution >= 4 is 43.9 Å². The second-order valence-electron chi connectivity index (χ2n) is 10.4. The number of benzene rings is 2. The van der Waals surface area contributed by atoms with Crippen molar-refractivity contribution in [2.24, 2.45) is 11.7 Å². The molecular weight excluding hydrogens is 547 g/mol. The first-order chi connectivity index (χ1) is 18.5. The fourth-order valence-electron chi connectivity index (χ4n) is 5.53. The smallest absolute Gasteiger partial charge is 0.389 e. The quantitative estimate of drug-likeness (QED) is 0.346. The van der Waals surface area contributed by atoms with Gasteiger partial charge in [-0.25, -0.2) is 8.42 Å². The van der Waals surface area contributed by atoms with Crippen LogP contribution in [0, 0.1) is 5.92 Å². The zero-order valence-electron chi connectivity index (χ0n) is 21.3. The number of halogens is 3. The van der Waals surface area contributed by atoms with Gasteiger partial charge in [0.05, 0.1) is 0 Å². The van der Waals surface area contributed by atoms with Gasteiger partial charge in [-0.15, -0.1) is 0 Å². The Bertz CT molecular complexity index is 1520. The highest BCUT2D eigenvalue weighted by atomic mass is 32.2. The molecular formula is C28H30F3N3O3S2. The van der Waals surface area contributed by atoms with Gasteiger partial charge in [0.2, 0.25) is 0 Å². The standard InChI is InChI=1S/C28H30F3N3O3S2/c29-28(30,31)39(36,37)33-13-11-22(12-14-33)34-17-24(20-5-2-6-21(16-20)27(32)38)23-9-7-18(15-25(23)34)8-10-26(35)19-3-1-4-19/h2,5-7,9,15-17,19,22H,1,3-4,8,10-14H2,(H2,32,38). The summed E-state index contributed by atoms with van der Waals surface area (Å²) in [5, 5.41) is 0.953. The maximum Gasteiger partial charge on any atom is 0.511 e. The third kappa shape index (κ3) is 5.49. The summed E-state index contributed by atoms with van der Waals surface area (Å²) in [6.45, 7) is -0.429. The number of aryl methyl sites for hydroxylation is 1. The molecule has 0 unspecified atom stereocenters. The molecule has 2 fully saturated rings. The van der Waals surface area contributed by atoms with Crippen LogP contribution in [0.25, 0.3) is 22.0 Å². The maximum atomic E-state index is 13.1. The van der Waals surface area contributed by atoms with E-state index in [0.29, 0.717) is 22.9 Å². The fourth-order valence-corrected chi connectivity index (χ4v) is 6.64. The molecule has 1 saturated heterocycles. The maximum absolute atomic E-state index is 13.1. The molecule has 2 aromatic carbocycles. The van der Waals surface area contributed by atoms with E-state index < -0.39 is 15.5 Å². The lowest BCUT2D eigenvalue weighted by atomic mass is 9.80. The predicted molar refractivity (Wildman–Crippen MR) is 149 cm³/mol. The van der Waals surface area contributed by atoms with Gasteiger partial charge >= 0.3 is 15.5 Å². The number of alkyl halides is 3. The van der Waals surface area contributed by atoms with E-state index in [1.165, 1.54) is 0 Å². The second kappa shape index (κ2) is 10.7. The summed E-state index contributed by atoms with van der Waals surface area (Å²) in [6, 6.07) is 13.4. The van der Waals surface area contributed by atoms with Crippen molar-refractivity contribution in [2.45, 2.75) is 56.5 Å². The van der Waals surface area contributed by atoms with E-state index in [4.69, 9.17) is 18.0 Å². The van der Waals surface area contributed by atoms with Crippen LogP contribution in [0.3, 0.4) is 0 Å². The summed E-state index contributed by atoms with van der Waals surface area (Å²) in [5.41, 5.74) is 4.99. The Morgan fingerprint density at radius 1 is 1.05 bits per heavy atom. The number of sulfonamides is 1. The Morgan fingerprint density at radius 3 is 2.38 bits per heavy atom. The van der Waals surface area contributed by atoms with E-state index >= 15 is 0 Å². The minimum Gasteiger partial charge on any atom is -0.389 e. The van der Waals surface area contributed by atoms with E-state index in [1.807, 2.05) is 53.2 Å². The first-order valence-electron chi connectivity index (χ1n) is 13.1. The number of ketones is 1. The molecule has 1 saturated carbocycles. The van der Waals surface area contributed by atoms with Crippen molar-refractivity contribution in [1.29, 1.82) is 0 Å². The SMILES string of the molecule is NC(=S)c1cccc(-c2cn(C3CCN(S(=O)(=O)C(F)(F)F)CC3)c3cc(CCC(=O)C4CCC4)ccc23)c1. The summed E-state index contributed by atoms with van der Waals surface area (Å²) in [7, 11) is -5.36. The number of rotatable bonds is 8. The number of Topliss-reactive ketones (excluding diaryl/α,β-unsaturated/α-hetero) is 1. The number of thiocarbonyl (C=S) groups is 1. The molecule has 1 aliphatic carbocycles. The van der Waals surface area contributed by atoms with Crippen LogP contribution < -0.4 is 5.73 Å². The lowest BCUT2D eigenvalue weighted by Gasteiger charge is -2.32. The molecule has 2 heterocycles. The molecule has 3 aromatic rings. The number of hydrogen-bond acceptors (Lipinski definition) is 4. The lowest BCUT2D eigenvalue weighted by Crippen LogP contribution is -2.45. The van der Waals surface area contributed by atoms with E-state index in [-0.39, 0.29) is 42.9 Å². The van der Waals surface area contributed by atoms with Gasteiger partial charge in [-0.1, -0.05) is 49.0 Å². The molecule has 0 atom stereocenters. The Kier molecular flexibility index (Phi) is 7.60. The van der Waals surface area contributed by atoms with Crippen molar-refractivity contribution in [1.82, 2.24) is 8.87 Å². The number of nitrogens with zero attached hydrogens (tertiary/aromatic N) is 2. The van der Waals surface area contributed by atoms with Crippen molar-refractivity contribution in [3.05, 3.63) is 59.8 Å². The Labute approximate surface area is 231 Å². The molecule has 6 nitrogen and oxygen atoms in total. The molecule has 0 bridgehead atoms. The Morgan fingerprint density at radius 2 is 1.77 bits per heavy atom. The minimum atomic E-state index is -5.36. The van der Waals surface area contributed by atoms with Gasteiger partial charge in [-0.05, 0) is 55.4 Å². The molecule has 1 aliphatic heterocycles. The number of aromatic nitrogens is 1. The van der Waals surface area contributed by atoms with Gasteiger partial charge in [0, 0.05) is 59.7 Å². The van der Waals surface area contributed by atoms with Crippen LogP contribution in [-0.4, -0.2) is 46.7 Å². The Balaban J connectivity index is 1.48. The van der Waals surface area contributed by atoms with E-state index in [9.17, 15) is 26.4 Å². The highest BCUT2D eigenvalue weighted by Gasteiger charge is 2.50. The highest BCUT2D eigenvalue weighted by molar-refractivity contribution is 7.90. The van der Waals surface area contributed by atoms with Crippen molar-refractivity contribution in [3.8, 4) is 11.1 Å². The highest BCUT2D eigenvalue weighted by Crippen LogP contribution is 2.38. The van der Waals surface area contributed by atoms with E-state index in [1.54, 1.807) is 0 Å². The zero-order chi connectivity index (χ0) is 27.9. The molecule has 208 valence electrons. The summed E-state index contributed by atoms with van der Waals surface area (Å²) in [5.74, 6) is 0.480. The molecule has 11 heteroatoms. The third-order valence-corrected chi connectivity index (χ3v) is 9.89. The average molecular weight is 578 g/mol. The number of carbonyl (C=O) groups excluding carboxylic acids is 1. The van der Waals surface area contributed by atoms with Crippen LogP contribution in [0.4, 0.5) is 13.2 Å².